The monoisotopic (exact) mass is 372 g/mol. The Labute approximate surface area is 142 Å². The fourth-order valence-electron chi connectivity index (χ4n) is 2.27. The van der Waals surface area contributed by atoms with Crippen molar-refractivity contribution in [2.24, 2.45) is 0 Å². The first-order valence-electron chi connectivity index (χ1n) is 7.40. The van der Waals surface area contributed by atoms with Gasteiger partial charge in [-0.15, -0.1) is 0 Å². The van der Waals surface area contributed by atoms with E-state index in [0.29, 0.717) is 18.9 Å². The second kappa shape index (κ2) is 7.28. The number of aromatic nitrogens is 3. The molecule has 0 spiro atoms. The van der Waals surface area contributed by atoms with Crippen LogP contribution in [0.3, 0.4) is 0 Å². The van der Waals surface area contributed by atoms with Gasteiger partial charge in [-0.05, 0) is 36.2 Å². The molecule has 0 bridgehead atoms. The lowest BCUT2D eigenvalue weighted by atomic mass is 10.2. The number of rotatable bonds is 6. The Morgan fingerprint density at radius 3 is 2.57 bits per heavy atom. The highest BCUT2D eigenvalue weighted by atomic mass is 79.9. The van der Waals surface area contributed by atoms with Gasteiger partial charge >= 0.3 is 5.69 Å². The minimum absolute atomic E-state index is 0.173. The number of nitrogens with zero attached hydrogens (tertiary/aromatic N) is 2. The summed E-state index contributed by atoms with van der Waals surface area (Å²) in [6.07, 6.45) is 0.783. The molecule has 0 saturated heterocycles. The summed E-state index contributed by atoms with van der Waals surface area (Å²) in [7, 11) is 0. The van der Waals surface area contributed by atoms with Crippen LogP contribution < -0.4 is 11.0 Å². The molecular weight excluding hydrogens is 356 g/mol. The van der Waals surface area contributed by atoms with Crippen LogP contribution >= 0.6 is 15.9 Å². The molecule has 0 aliphatic rings. The molecule has 0 fully saturated rings. The van der Waals surface area contributed by atoms with Crippen molar-refractivity contribution in [3.05, 3.63) is 80.9 Å². The number of nitrogens with one attached hydrogen (secondary N) is 2. The average molecular weight is 373 g/mol. The molecule has 2 N–H and O–H groups in total. The van der Waals surface area contributed by atoms with Gasteiger partial charge in [-0.1, -0.05) is 46.3 Å². The highest BCUT2D eigenvalue weighted by Crippen LogP contribution is 2.14. The average Bonchev–Trinajstić information content (AvgIpc) is 2.93. The highest BCUT2D eigenvalue weighted by molar-refractivity contribution is 9.10. The molecule has 1 heterocycles. The fourth-order valence-corrected chi connectivity index (χ4v) is 2.53. The largest absolute Gasteiger partial charge is 0.378 e. The topological polar surface area (TPSA) is 62.7 Å². The second-order valence-corrected chi connectivity index (χ2v) is 6.11. The lowest BCUT2D eigenvalue weighted by Crippen LogP contribution is -2.19. The lowest BCUT2D eigenvalue weighted by Gasteiger charge is -2.03. The predicted octanol–water partition coefficient (Wildman–Crippen LogP) is 3.19. The van der Waals surface area contributed by atoms with Gasteiger partial charge in [0.05, 0.1) is 13.1 Å². The quantitative estimate of drug-likeness (QED) is 0.698. The molecule has 0 unspecified atom stereocenters. The number of halogens is 1. The van der Waals surface area contributed by atoms with Crippen LogP contribution in [0.15, 0.2) is 63.9 Å². The summed E-state index contributed by atoms with van der Waals surface area (Å²) in [5.74, 6) is 0.631. The zero-order valence-electron chi connectivity index (χ0n) is 12.5. The maximum atomic E-state index is 11.9. The standard InChI is InChI=1S/C17H17BrN4O/c18-14-6-8-15(9-7-14)19-12-16-20-17(23)22(21-16)11-10-13-4-2-1-3-5-13/h1-9,19H,10-12H2,(H,20,21,23). The zero-order valence-corrected chi connectivity index (χ0v) is 14.1. The van der Waals surface area contributed by atoms with Gasteiger partial charge in [-0.25, -0.2) is 9.48 Å². The van der Waals surface area contributed by atoms with Crippen LogP contribution in [-0.2, 0) is 19.5 Å². The maximum absolute atomic E-state index is 11.9. The summed E-state index contributed by atoms with van der Waals surface area (Å²) in [6.45, 7) is 1.05. The number of hydrogen-bond acceptors (Lipinski definition) is 3. The van der Waals surface area contributed by atoms with Gasteiger partial charge in [0.25, 0.3) is 0 Å². The molecular formula is C17H17BrN4O. The van der Waals surface area contributed by atoms with Gasteiger partial charge in [-0.3, -0.25) is 4.98 Å². The van der Waals surface area contributed by atoms with E-state index in [-0.39, 0.29) is 5.69 Å². The van der Waals surface area contributed by atoms with Crippen LogP contribution in [0.25, 0.3) is 0 Å². The van der Waals surface area contributed by atoms with Gasteiger partial charge < -0.3 is 5.32 Å². The van der Waals surface area contributed by atoms with E-state index < -0.39 is 0 Å². The molecule has 0 atom stereocenters. The summed E-state index contributed by atoms with van der Waals surface area (Å²) in [4.78, 5) is 14.7. The lowest BCUT2D eigenvalue weighted by molar-refractivity contribution is 0.588. The van der Waals surface area contributed by atoms with E-state index in [1.54, 1.807) is 0 Å². The predicted molar refractivity (Wildman–Crippen MR) is 94.5 cm³/mol. The van der Waals surface area contributed by atoms with Gasteiger partial charge in [-0.2, -0.15) is 5.10 Å². The molecule has 1 aromatic heterocycles. The third-order valence-electron chi connectivity index (χ3n) is 3.49. The number of hydrogen-bond donors (Lipinski definition) is 2. The van der Waals surface area contributed by atoms with Crippen molar-refractivity contribution in [3.8, 4) is 0 Å². The number of aromatic amines is 1. The summed E-state index contributed by atoms with van der Waals surface area (Å²) in [6, 6.07) is 17.9. The molecule has 0 radical (unpaired) electrons. The van der Waals surface area contributed by atoms with Gasteiger partial charge in [0.15, 0.2) is 0 Å². The van der Waals surface area contributed by atoms with Crippen molar-refractivity contribution in [2.45, 2.75) is 19.5 Å². The molecule has 23 heavy (non-hydrogen) atoms. The molecule has 5 nitrogen and oxygen atoms in total. The third-order valence-corrected chi connectivity index (χ3v) is 4.02. The van der Waals surface area contributed by atoms with Crippen molar-refractivity contribution in [3.63, 3.8) is 0 Å². The Bertz CT molecular complexity index is 809. The van der Waals surface area contributed by atoms with Crippen LogP contribution in [0, 0.1) is 0 Å². The van der Waals surface area contributed by atoms with Crippen LogP contribution in [0.2, 0.25) is 0 Å². The Balaban J connectivity index is 1.59. The van der Waals surface area contributed by atoms with Crippen LogP contribution in [0.4, 0.5) is 5.69 Å². The highest BCUT2D eigenvalue weighted by Gasteiger charge is 2.05. The Kier molecular flexibility index (Phi) is 4.92. The van der Waals surface area contributed by atoms with Gasteiger partial charge in [0.2, 0.25) is 0 Å². The summed E-state index contributed by atoms with van der Waals surface area (Å²) in [5, 5.41) is 7.57. The van der Waals surface area contributed by atoms with Crippen LogP contribution in [-0.4, -0.2) is 14.8 Å². The van der Waals surface area contributed by atoms with E-state index in [1.807, 2.05) is 54.6 Å². The molecule has 3 aromatic rings. The minimum Gasteiger partial charge on any atom is -0.378 e. The SMILES string of the molecule is O=c1[nH]c(CNc2ccc(Br)cc2)nn1CCc1ccccc1. The van der Waals surface area contributed by atoms with Gasteiger partial charge in [0.1, 0.15) is 5.82 Å². The van der Waals surface area contributed by atoms with Crippen molar-refractivity contribution in [2.75, 3.05) is 5.32 Å². The second-order valence-electron chi connectivity index (χ2n) is 5.20. The molecule has 0 aliphatic heterocycles. The number of benzene rings is 2. The smallest absolute Gasteiger partial charge is 0.343 e. The zero-order chi connectivity index (χ0) is 16.1. The van der Waals surface area contributed by atoms with E-state index in [2.05, 4.69) is 31.3 Å². The molecule has 0 saturated carbocycles. The van der Waals surface area contributed by atoms with E-state index in [1.165, 1.54) is 10.2 Å². The maximum Gasteiger partial charge on any atom is 0.343 e. The Morgan fingerprint density at radius 1 is 1.09 bits per heavy atom. The Morgan fingerprint density at radius 2 is 1.83 bits per heavy atom. The Hall–Kier alpha value is -2.34. The van der Waals surface area contributed by atoms with Crippen molar-refractivity contribution < 1.29 is 0 Å². The van der Waals surface area contributed by atoms with Crippen molar-refractivity contribution in [1.29, 1.82) is 0 Å². The fraction of sp³-hybridized carbons (Fsp3) is 0.176. The van der Waals surface area contributed by atoms with Crippen molar-refractivity contribution in [1.82, 2.24) is 14.8 Å². The minimum atomic E-state index is -0.173. The van der Waals surface area contributed by atoms with Crippen LogP contribution in [0.1, 0.15) is 11.4 Å². The van der Waals surface area contributed by atoms with E-state index in [4.69, 9.17) is 0 Å². The number of aryl methyl sites for hydroxylation is 2. The molecule has 3 rings (SSSR count). The van der Waals surface area contributed by atoms with E-state index in [0.717, 1.165) is 16.6 Å². The molecule has 118 valence electrons. The van der Waals surface area contributed by atoms with E-state index >= 15 is 0 Å². The summed E-state index contributed by atoms with van der Waals surface area (Å²) >= 11 is 3.40. The van der Waals surface area contributed by atoms with Crippen LogP contribution in [0.5, 0.6) is 0 Å². The van der Waals surface area contributed by atoms with Gasteiger partial charge in [0, 0.05) is 10.2 Å². The number of anilines is 1. The summed E-state index contributed by atoms with van der Waals surface area (Å²) < 4.78 is 2.51. The molecule has 6 heteroatoms. The first kappa shape index (κ1) is 15.6. The molecule has 0 amide bonds. The van der Waals surface area contributed by atoms with Crippen molar-refractivity contribution >= 4 is 21.6 Å². The first-order chi connectivity index (χ1) is 11.2. The van der Waals surface area contributed by atoms with E-state index in [9.17, 15) is 4.79 Å². The number of H-pyrrole nitrogens is 1. The first-order valence-corrected chi connectivity index (χ1v) is 8.19. The normalized spacial score (nSPS) is 10.7. The molecule has 2 aromatic carbocycles. The molecule has 0 aliphatic carbocycles. The third kappa shape index (κ3) is 4.32. The summed E-state index contributed by atoms with van der Waals surface area (Å²) in [5.41, 5.74) is 2.00.